The molecule has 0 aliphatic rings. The first-order chi connectivity index (χ1) is 14.8. The summed E-state index contributed by atoms with van der Waals surface area (Å²) in [5.74, 6) is -0.741. The van der Waals surface area contributed by atoms with Crippen molar-refractivity contribution in [1.82, 2.24) is 9.99 Å². The van der Waals surface area contributed by atoms with Gasteiger partial charge in [0.1, 0.15) is 5.75 Å². The number of benzene rings is 2. The number of carbonyl (C=O) groups is 2. The first-order valence-corrected chi connectivity index (χ1v) is 10.3. The topological polar surface area (TPSA) is 92.9 Å². The van der Waals surface area contributed by atoms with E-state index in [4.69, 9.17) is 4.74 Å². The van der Waals surface area contributed by atoms with Gasteiger partial charge in [0.25, 0.3) is 5.91 Å². The Morgan fingerprint density at radius 2 is 1.94 bits per heavy atom. The standard InChI is InChI=1S/C23H22BrN3O4/c1-14-9-17(23(29)30)7-8-21(14)27-15(2)10-18(16(27)3)12-25-26-22(28)13-31-20-6-4-5-19(24)11-20/h4-12H,13H2,1-3H3,(H,26,28)(H,29,30). The molecule has 3 aromatic rings. The van der Waals surface area contributed by atoms with E-state index in [1.807, 2.05) is 43.5 Å². The lowest BCUT2D eigenvalue weighted by molar-refractivity contribution is -0.123. The highest BCUT2D eigenvalue weighted by Crippen LogP contribution is 2.23. The van der Waals surface area contributed by atoms with E-state index < -0.39 is 5.97 Å². The van der Waals surface area contributed by atoms with Crippen LogP contribution in [0.1, 0.15) is 32.9 Å². The van der Waals surface area contributed by atoms with Gasteiger partial charge in [-0.15, -0.1) is 0 Å². The van der Waals surface area contributed by atoms with Crippen molar-refractivity contribution in [3.05, 3.63) is 81.1 Å². The van der Waals surface area contributed by atoms with E-state index in [1.165, 1.54) is 0 Å². The molecule has 31 heavy (non-hydrogen) atoms. The summed E-state index contributed by atoms with van der Waals surface area (Å²) in [6.45, 7) is 5.62. The molecule has 2 aromatic carbocycles. The number of carbonyl (C=O) groups excluding carboxylic acids is 1. The molecule has 1 amide bonds. The number of nitrogens with one attached hydrogen (secondary N) is 1. The Hall–Kier alpha value is -3.39. The van der Waals surface area contributed by atoms with Crippen molar-refractivity contribution in [3.8, 4) is 11.4 Å². The summed E-state index contributed by atoms with van der Waals surface area (Å²) in [7, 11) is 0. The molecule has 1 aromatic heterocycles. The van der Waals surface area contributed by atoms with Crippen molar-refractivity contribution in [1.29, 1.82) is 0 Å². The average molecular weight is 484 g/mol. The first-order valence-electron chi connectivity index (χ1n) is 9.50. The lowest BCUT2D eigenvalue weighted by atomic mass is 10.1. The van der Waals surface area contributed by atoms with E-state index in [0.29, 0.717) is 5.75 Å². The Balaban J connectivity index is 1.68. The van der Waals surface area contributed by atoms with Gasteiger partial charge in [0.05, 0.1) is 11.8 Å². The SMILES string of the molecule is Cc1cc(C(=O)O)ccc1-n1c(C)cc(C=NNC(=O)COc2cccc(Br)c2)c1C. The Kier molecular flexibility index (Phi) is 6.91. The van der Waals surface area contributed by atoms with Crippen molar-refractivity contribution in [2.75, 3.05) is 6.61 Å². The van der Waals surface area contributed by atoms with Crippen LogP contribution in [0.15, 0.2) is 58.1 Å². The van der Waals surface area contributed by atoms with Gasteiger partial charge in [0.15, 0.2) is 6.61 Å². The Morgan fingerprint density at radius 1 is 1.16 bits per heavy atom. The van der Waals surface area contributed by atoms with Crippen LogP contribution in [0.25, 0.3) is 5.69 Å². The molecule has 0 unspecified atom stereocenters. The molecule has 3 rings (SSSR count). The van der Waals surface area contributed by atoms with E-state index >= 15 is 0 Å². The fourth-order valence-electron chi connectivity index (χ4n) is 3.24. The predicted molar refractivity (Wildman–Crippen MR) is 122 cm³/mol. The third-order valence-electron chi connectivity index (χ3n) is 4.71. The van der Waals surface area contributed by atoms with Gasteiger partial charge in [-0.2, -0.15) is 5.10 Å². The number of nitrogens with zero attached hydrogens (tertiary/aromatic N) is 2. The molecule has 0 spiro atoms. The maximum absolute atomic E-state index is 12.0. The number of hydrazone groups is 1. The number of rotatable bonds is 7. The van der Waals surface area contributed by atoms with E-state index in [1.54, 1.807) is 36.5 Å². The molecule has 0 fully saturated rings. The highest BCUT2D eigenvalue weighted by molar-refractivity contribution is 9.10. The van der Waals surface area contributed by atoms with Crippen LogP contribution in [0.5, 0.6) is 5.75 Å². The number of aromatic nitrogens is 1. The van der Waals surface area contributed by atoms with Crippen molar-refractivity contribution < 1.29 is 19.4 Å². The minimum Gasteiger partial charge on any atom is -0.484 e. The summed E-state index contributed by atoms with van der Waals surface area (Å²) >= 11 is 3.35. The van der Waals surface area contributed by atoms with E-state index in [0.717, 1.165) is 32.7 Å². The van der Waals surface area contributed by atoms with Crippen LogP contribution in [0.2, 0.25) is 0 Å². The monoisotopic (exact) mass is 483 g/mol. The number of aryl methyl sites for hydroxylation is 2. The Morgan fingerprint density at radius 3 is 2.61 bits per heavy atom. The summed E-state index contributed by atoms with van der Waals surface area (Å²) in [5.41, 5.74) is 7.19. The largest absolute Gasteiger partial charge is 0.484 e. The molecule has 2 N–H and O–H groups in total. The summed E-state index contributed by atoms with van der Waals surface area (Å²) in [6.07, 6.45) is 1.58. The molecule has 0 radical (unpaired) electrons. The van der Waals surface area contributed by atoms with Gasteiger partial charge in [-0.3, -0.25) is 4.79 Å². The second-order valence-electron chi connectivity index (χ2n) is 7.01. The second kappa shape index (κ2) is 9.61. The zero-order valence-electron chi connectivity index (χ0n) is 17.3. The van der Waals surface area contributed by atoms with Gasteiger partial charge in [-0.1, -0.05) is 22.0 Å². The average Bonchev–Trinajstić information content (AvgIpc) is 3.00. The van der Waals surface area contributed by atoms with Gasteiger partial charge in [0, 0.05) is 27.1 Å². The van der Waals surface area contributed by atoms with Gasteiger partial charge in [-0.25, -0.2) is 10.2 Å². The fourth-order valence-corrected chi connectivity index (χ4v) is 3.62. The molecule has 0 bridgehead atoms. The molecule has 0 aliphatic carbocycles. The van der Waals surface area contributed by atoms with Gasteiger partial charge < -0.3 is 14.4 Å². The minimum atomic E-state index is -0.956. The van der Waals surface area contributed by atoms with Crippen molar-refractivity contribution in [2.45, 2.75) is 20.8 Å². The molecule has 7 nitrogen and oxygen atoms in total. The highest BCUT2D eigenvalue weighted by atomic mass is 79.9. The normalized spacial score (nSPS) is 11.0. The smallest absolute Gasteiger partial charge is 0.335 e. The van der Waals surface area contributed by atoms with Crippen LogP contribution in [0.3, 0.4) is 0 Å². The predicted octanol–water partition coefficient (Wildman–Crippen LogP) is 4.39. The van der Waals surface area contributed by atoms with Crippen molar-refractivity contribution in [3.63, 3.8) is 0 Å². The maximum atomic E-state index is 12.0. The van der Waals surface area contributed by atoms with Crippen LogP contribution in [-0.4, -0.2) is 34.4 Å². The molecule has 0 saturated heterocycles. The number of amides is 1. The van der Waals surface area contributed by atoms with E-state index in [9.17, 15) is 14.7 Å². The molecular weight excluding hydrogens is 462 g/mol. The number of halogens is 1. The van der Waals surface area contributed by atoms with Crippen LogP contribution in [0, 0.1) is 20.8 Å². The van der Waals surface area contributed by atoms with E-state index in [2.05, 4.69) is 26.5 Å². The Bertz CT molecular complexity index is 1170. The van der Waals surface area contributed by atoms with Crippen LogP contribution < -0.4 is 10.2 Å². The Labute approximate surface area is 188 Å². The number of aromatic carboxylic acids is 1. The number of ether oxygens (including phenoxy) is 1. The number of carboxylic acids is 1. The zero-order valence-corrected chi connectivity index (χ0v) is 18.9. The number of carboxylic acid groups (broad SMARTS) is 1. The zero-order chi connectivity index (χ0) is 22.5. The van der Waals surface area contributed by atoms with Crippen LogP contribution in [-0.2, 0) is 4.79 Å². The van der Waals surface area contributed by atoms with Crippen LogP contribution in [0.4, 0.5) is 0 Å². The number of hydrogen-bond donors (Lipinski definition) is 2. The van der Waals surface area contributed by atoms with Gasteiger partial charge in [-0.05, 0) is 68.8 Å². The fraction of sp³-hybridized carbons (Fsp3) is 0.174. The lowest BCUT2D eigenvalue weighted by Crippen LogP contribution is -2.24. The maximum Gasteiger partial charge on any atom is 0.335 e. The van der Waals surface area contributed by atoms with Crippen molar-refractivity contribution in [2.24, 2.45) is 5.10 Å². The molecule has 0 saturated carbocycles. The molecule has 0 aliphatic heterocycles. The van der Waals surface area contributed by atoms with Gasteiger partial charge in [0.2, 0.25) is 0 Å². The third kappa shape index (κ3) is 5.40. The quantitative estimate of drug-likeness (QED) is 0.384. The summed E-state index contributed by atoms with van der Waals surface area (Å²) in [4.78, 5) is 23.2. The van der Waals surface area contributed by atoms with Crippen molar-refractivity contribution >= 4 is 34.0 Å². The molecule has 1 heterocycles. The highest BCUT2D eigenvalue weighted by Gasteiger charge is 2.13. The molecule has 160 valence electrons. The summed E-state index contributed by atoms with van der Waals surface area (Å²) in [6, 6.07) is 14.2. The first kappa shape index (κ1) is 22.3. The van der Waals surface area contributed by atoms with E-state index in [-0.39, 0.29) is 18.1 Å². The minimum absolute atomic E-state index is 0.151. The molecule has 8 heteroatoms. The number of hydrogen-bond acceptors (Lipinski definition) is 4. The summed E-state index contributed by atoms with van der Waals surface area (Å²) in [5, 5.41) is 13.2. The van der Waals surface area contributed by atoms with Gasteiger partial charge >= 0.3 is 5.97 Å². The second-order valence-corrected chi connectivity index (χ2v) is 7.92. The third-order valence-corrected chi connectivity index (χ3v) is 5.21. The molecule has 0 atom stereocenters. The molecular formula is C23H22BrN3O4. The lowest BCUT2D eigenvalue weighted by Gasteiger charge is -2.13. The van der Waals surface area contributed by atoms with Crippen LogP contribution >= 0.6 is 15.9 Å². The summed E-state index contributed by atoms with van der Waals surface area (Å²) < 4.78 is 8.33.